The Morgan fingerprint density at radius 3 is 2.61 bits per heavy atom. The minimum absolute atomic E-state index is 0.188. The number of carbonyl (C=O) groups excluding carboxylic acids is 1. The van der Waals surface area contributed by atoms with E-state index in [9.17, 15) is 4.79 Å². The third-order valence-corrected chi connectivity index (χ3v) is 4.95. The Balaban J connectivity index is 1.60. The van der Waals surface area contributed by atoms with Crippen LogP contribution < -0.4 is 9.47 Å². The molecule has 1 aliphatic heterocycles. The number of ether oxygens (including phenoxy) is 3. The first kappa shape index (κ1) is 20.7. The summed E-state index contributed by atoms with van der Waals surface area (Å²) in [7, 11) is 1.54. The summed E-state index contributed by atoms with van der Waals surface area (Å²) in [6.45, 7) is 2.32. The highest BCUT2D eigenvalue weighted by Crippen LogP contribution is 2.38. The van der Waals surface area contributed by atoms with Gasteiger partial charge in [0.1, 0.15) is 6.61 Å². The highest BCUT2D eigenvalue weighted by Gasteiger charge is 2.24. The third kappa shape index (κ3) is 4.78. The normalized spacial score (nSPS) is 14.4. The second-order valence-corrected chi connectivity index (χ2v) is 7.42. The first-order valence-corrected chi connectivity index (χ1v) is 10.0. The molecule has 0 unspecified atom stereocenters. The highest BCUT2D eigenvalue weighted by molar-refractivity contribution is 6.32. The van der Waals surface area contributed by atoms with Crippen LogP contribution in [0.1, 0.15) is 22.3 Å². The van der Waals surface area contributed by atoms with Crippen LogP contribution in [0.4, 0.5) is 0 Å². The van der Waals surface area contributed by atoms with Crippen LogP contribution in [0.2, 0.25) is 5.02 Å². The molecule has 156 valence electrons. The molecule has 31 heavy (non-hydrogen) atoms. The van der Waals surface area contributed by atoms with Gasteiger partial charge in [-0.2, -0.15) is 0 Å². The van der Waals surface area contributed by atoms with E-state index in [1.165, 1.54) is 7.11 Å². The molecular formula is C25H20ClNO4. The van der Waals surface area contributed by atoms with Gasteiger partial charge in [0.2, 0.25) is 5.90 Å². The first-order valence-electron chi connectivity index (χ1n) is 9.67. The summed E-state index contributed by atoms with van der Waals surface area (Å²) < 4.78 is 16.7. The summed E-state index contributed by atoms with van der Waals surface area (Å²) in [5, 5.41) is 0.372. The Hall–Kier alpha value is -3.57. The van der Waals surface area contributed by atoms with Crippen LogP contribution >= 0.6 is 11.6 Å². The van der Waals surface area contributed by atoms with Crippen LogP contribution in [-0.4, -0.2) is 19.0 Å². The fraction of sp³-hybridized carbons (Fsp3) is 0.120. The first-order chi connectivity index (χ1) is 15.0. The maximum atomic E-state index is 12.3. The van der Waals surface area contributed by atoms with Crippen molar-refractivity contribution in [3.63, 3.8) is 0 Å². The second kappa shape index (κ2) is 9.06. The zero-order valence-electron chi connectivity index (χ0n) is 17.1. The average Bonchev–Trinajstić information content (AvgIpc) is 3.13. The Labute approximate surface area is 185 Å². The Morgan fingerprint density at radius 1 is 1.06 bits per heavy atom. The van der Waals surface area contributed by atoms with Crippen LogP contribution in [-0.2, 0) is 16.1 Å². The topological polar surface area (TPSA) is 57.1 Å². The van der Waals surface area contributed by atoms with Gasteiger partial charge in [-0.3, -0.25) is 0 Å². The molecular weight excluding hydrogens is 414 g/mol. The molecule has 3 aromatic rings. The molecule has 0 aliphatic carbocycles. The smallest absolute Gasteiger partial charge is 0.363 e. The quantitative estimate of drug-likeness (QED) is 0.376. The number of methoxy groups -OCH3 is 1. The Bertz CT molecular complexity index is 1190. The summed E-state index contributed by atoms with van der Waals surface area (Å²) in [6, 6.07) is 20.8. The molecule has 0 bridgehead atoms. The van der Waals surface area contributed by atoms with Gasteiger partial charge in [0.25, 0.3) is 0 Å². The zero-order valence-corrected chi connectivity index (χ0v) is 17.8. The van der Waals surface area contributed by atoms with E-state index in [4.69, 9.17) is 25.8 Å². The number of aliphatic imine (C=N–C) groups is 1. The van der Waals surface area contributed by atoms with Gasteiger partial charge in [-0.05, 0) is 48.4 Å². The number of hydrogen-bond donors (Lipinski definition) is 0. The van der Waals surface area contributed by atoms with Gasteiger partial charge < -0.3 is 14.2 Å². The molecule has 0 amide bonds. The molecule has 1 heterocycles. The van der Waals surface area contributed by atoms with Crippen molar-refractivity contribution in [1.82, 2.24) is 0 Å². The molecule has 0 fully saturated rings. The molecule has 0 spiro atoms. The standard InChI is InChI=1S/C25H20ClNO4/c1-16-7-6-10-19(11-16)24-27-21(25(28)31-24)13-18-12-20(26)23(22(14-18)29-2)30-15-17-8-4-3-5-9-17/h3-14H,15H2,1-2H3/b21-13+. The summed E-state index contributed by atoms with van der Waals surface area (Å²) in [6.07, 6.45) is 1.61. The fourth-order valence-corrected chi connectivity index (χ4v) is 3.44. The molecule has 3 aromatic carbocycles. The molecule has 1 aliphatic rings. The number of carbonyl (C=O) groups is 1. The van der Waals surface area contributed by atoms with Crippen molar-refractivity contribution < 1.29 is 19.0 Å². The lowest BCUT2D eigenvalue weighted by molar-refractivity contribution is -0.129. The molecule has 0 saturated carbocycles. The molecule has 5 nitrogen and oxygen atoms in total. The van der Waals surface area contributed by atoms with Gasteiger partial charge in [0.15, 0.2) is 17.2 Å². The van der Waals surface area contributed by atoms with Crippen LogP contribution in [0.3, 0.4) is 0 Å². The van der Waals surface area contributed by atoms with Crippen molar-refractivity contribution in [3.05, 3.63) is 99.7 Å². The number of rotatable bonds is 6. The lowest BCUT2D eigenvalue weighted by Gasteiger charge is -2.13. The van der Waals surface area contributed by atoms with E-state index in [-0.39, 0.29) is 11.6 Å². The number of aryl methyl sites for hydroxylation is 1. The minimum Gasteiger partial charge on any atom is -0.493 e. The Morgan fingerprint density at radius 2 is 1.87 bits per heavy atom. The largest absolute Gasteiger partial charge is 0.493 e. The summed E-state index contributed by atoms with van der Waals surface area (Å²) >= 11 is 6.46. The molecule has 0 aromatic heterocycles. The second-order valence-electron chi connectivity index (χ2n) is 7.01. The average molecular weight is 434 g/mol. The van der Waals surface area contributed by atoms with Crippen molar-refractivity contribution in [3.8, 4) is 11.5 Å². The number of hydrogen-bond acceptors (Lipinski definition) is 5. The molecule has 0 radical (unpaired) electrons. The molecule has 0 saturated heterocycles. The van der Waals surface area contributed by atoms with Gasteiger partial charge >= 0.3 is 5.97 Å². The predicted octanol–water partition coefficient (Wildman–Crippen LogP) is 5.58. The van der Waals surface area contributed by atoms with Gasteiger partial charge in [0, 0.05) is 5.56 Å². The molecule has 0 atom stereocenters. The van der Waals surface area contributed by atoms with E-state index in [0.29, 0.717) is 28.7 Å². The SMILES string of the molecule is COc1cc(/C=C2/N=C(c3cccc(C)c3)OC2=O)cc(Cl)c1OCc1ccccc1. The van der Waals surface area contributed by atoms with Crippen LogP contribution in [0.15, 0.2) is 77.4 Å². The van der Waals surface area contributed by atoms with E-state index in [0.717, 1.165) is 16.7 Å². The maximum absolute atomic E-state index is 12.3. The summed E-state index contributed by atoms with van der Waals surface area (Å²) in [4.78, 5) is 16.7. The molecule has 0 N–H and O–H groups in total. The van der Waals surface area contributed by atoms with E-state index >= 15 is 0 Å². The van der Waals surface area contributed by atoms with E-state index in [2.05, 4.69) is 4.99 Å². The molecule has 6 heteroatoms. The lowest BCUT2D eigenvalue weighted by atomic mass is 10.1. The fourth-order valence-electron chi connectivity index (χ4n) is 3.16. The van der Waals surface area contributed by atoms with Crippen LogP contribution in [0, 0.1) is 6.92 Å². The lowest BCUT2D eigenvalue weighted by Crippen LogP contribution is -2.05. The summed E-state index contributed by atoms with van der Waals surface area (Å²) in [5.41, 5.74) is 3.65. The third-order valence-electron chi connectivity index (χ3n) is 4.67. The number of cyclic esters (lactones) is 1. The van der Waals surface area contributed by atoms with Gasteiger partial charge in [-0.1, -0.05) is 59.6 Å². The number of benzene rings is 3. The van der Waals surface area contributed by atoms with E-state index in [1.807, 2.05) is 61.5 Å². The minimum atomic E-state index is -0.518. The van der Waals surface area contributed by atoms with Crippen molar-refractivity contribution in [2.75, 3.05) is 7.11 Å². The number of esters is 1. The summed E-state index contributed by atoms with van der Waals surface area (Å²) in [5.74, 6) is 0.662. The van der Waals surface area contributed by atoms with Crippen molar-refractivity contribution in [2.24, 2.45) is 4.99 Å². The van der Waals surface area contributed by atoms with Crippen LogP contribution in [0.5, 0.6) is 11.5 Å². The van der Waals surface area contributed by atoms with Crippen molar-refractivity contribution in [1.29, 1.82) is 0 Å². The predicted molar refractivity (Wildman–Crippen MR) is 121 cm³/mol. The maximum Gasteiger partial charge on any atom is 0.363 e. The zero-order chi connectivity index (χ0) is 21.8. The highest BCUT2D eigenvalue weighted by atomic mass is 35.5. The van der Waals surface area contributed by atoms with Crippen LogP contribution in [0.25, 0.3) is 6.08 Å². The van der Waals surface area contributed by atoms with Gasteiger partial charge in [-0.25, -0.2) is 9.79 Å². The van der Waals surface area contributed by atoms with Gasteiger partial charge in [0.05, 0.1) is 12.1 Å². The number of nitrogens with zero attached hydrogens (tertiary/aromatic N) is 1. The molecule has 4 rings (SSSR count). The Kier molecular flexibility index (Phi) is 6.05. The van der Waals surface area contributed by atoms with E-state index in [1.54, 1.807) is 18.2 Å². The van der Waals surface area contributed by atoms with Gasteiger partial charge in [-0.15, -0.1) is 0 Å². The van der Waals surface area contributed by atoms with Crippen molar-refractivity contribution >= 4 is 29.5 Å². The monoisotopic (exact) mass is 433 g/mol. The van der Waals surface area contributed by atoms with E-state index < -0.39 is 5.97 Å². The van der Waals surface area contributed by atoms with Crippen molar-refractivity contribution in [2.45, 2.75) is 13.5 Å². The number of halogens is 1.